The van der Waals surface area contributed by atoms with Crippen LogP contribution in [0.15, 0.2) is 4.52 Å². The minimum atomic E-state index is -1.01. The fourth-order valence-corrected chi connectivity index (χ4v) is 0.947. The molecule has 0 saturated heterocycles. The van der Waals surface area contributed by atoms with Crippen molar-refractivity contribution in [2.24, 2.45) is 0 Å². The van der Waals surface area contributed by atoms with Crippen LogP contribution in [0.4, 0.5) is 0 Å². The van der Waals surface area contributed by atoms with E-state index in [1.54, 1.807) is 13.8 Å². The average Bonchev–Trinajstić information content (AvgIpc) is 2.63. The van der Waals surface area contributed by atoms with E-state index >= 15 is 0 Å². The van der Waals surface area contributed by atoms with Crippen LogP contribution < -0.4 is 5.32 Å². The lowest BCUT2D eigenvalue weighted by molar-refractivity contribution is -0.143. The smallest absolute Gasteiger partial charge is 0.323 e. The van der Waals surface area contributed by atoms with E-state index in [4.69, 9.17) is 9.63 Å². The van der Waals surface area contributed by atoms with Crippen molar-refractivity contribution in [2.75, 3.05) is 0 Å². The Morgan fingerprint density at radius 1 is 1.56 bits per heavy atom. The van der Waals surface area contributed by atoms with Crippen LogP contribution in [0.3, 0.4) is 0 Å². The molecule has 1 heterocycles. The Balaban J connectivity index is 2.58. The maximum absolute atomic E-state index is 10.8. The van der Waals surface area contributed by atoms with Crippen molar-refractivity contribution in [1.82, 2.24) is 15.5 Å². The topological polar surface area (TPSA) is 88.2 Å². The van der Waals surface area contributed by atoms with Gasteiger partial charge in [0, 0.05) is 5.92 Å². The van der Waals surface area contributed by atoms with Gasteiger partial charge in [-0.25, -0.2) is 0 Å². The van der Waals surface area contributed by atoms with E-state index in [2.05, 4.69) is 15.5 Å². The number of aromatic nitrogens is 2. The minimum absolute atomic E-state index is 0.199. The summed E-state index contributed by atoms with van der Waals surface area (Å²) in [4.78, 5) is 15.0. The second kappa shape index (κ2) is 4.61. The van der Waals surface area contributed by atoms with E-state index in [-0.39, 0.29) is 12.5 Å². The Labute approximate surface area is 94.0 Å². The van der Waals surface area contributed by atoms with Gasteiger partial charge in [-0.1, -0.05) is 19.0 Å². The van der Waals surface area contributed by atoms with Gasteiger partial charge < -0.3 is 9.63 Å². The Hall–Kier alpha value is -1.43. The highest BCUT2D eigenvalue weighted by molar-refractivity contribution is 5.77. The summed E-state index contributed by atoms with van der Waals surface area (Å²) in [6.45, 7) is 7.33. The zero-order valence-electron chi connectivity index (χ0n) is 9.94. The van der Waals surface area contributed by atoms with Gasteiger partial charge >= 0.3 is 5.97 Å². The molecule has 0 aliphatic rings. The molecule has 0 saturated carbocycles. The fourth-order valence-electron chi connectivity index (χ4n) is 0.947. The zero-order chi connectivity index (χ0) is 12.3. The number of rotatable bonds is 5. The van der Waals surface area contributed by atoms with E-state index in [0.717, 1.165) is 0 Å². The second-order valence-corrected chi connectivity index (χ2v) is 4.48. The minimum Gasteiger partial charge on any atom is -0.480 e. The maximum atomic E-state index is 10.8. The Morgan fingerprint density at radius 2 is 2.19 bits per heavy atom. The number of hydrogen-bond acceptors (Lipinski definition) is 5. The quantitative estimate of drug-likeness (QED) is 0.784. The van der Waals surface area contributed by atoms with Crippen molar-refractivity contribution >= 4 is 5.97 Å². The standard InChI is InChI=1S/C10H17N3O3/c1-6(2)8-12-7(16-13-8)5-11-10(3,4)9(14)15/h6,11H,5H2,1-4H3,(H,14,15). The highest BCUT2D eigenvalue weighted by Crippen LogP contribution is 2.10. The van der Waals surface area contributed by atoms with Crippen LogP contribution in [-0.4, -0.2) is 26.8 Å². The van der Waals surface area contributed by atoms with E-state index in [9.17, 15) is 4.79 Å². The van der Waals surface area contributed by atoms with Crippen molar-refractivity contribution in [2.45, 2.75) is 45.7 Å². The van der Waals surface area contributed by atoms with Crippen molar-refractivity contribution in [1.29, 1.82) is 0 Å². The normalized spacial score (nSPS) is 12.1. The van der Waals surface area contributed by atoms with Crippen molar-refractivity contribution < 1.29 is 14.4 Å². The van der Waals surface area contributed by atoms with Crippen molar-refractivity contribution in [3.05, 3.63) is 11.7 Å². The van der Waals surface area contributed by atoms with Crippen LogP contribution in [0.5, 0.6) is 0 Å². The first-order chi connectivity index (χ1) is 7.33. The van der Waals surface area contributed by atoms with Gasteiger partial charge in [-0.3, -0.25) is 10.1 Å². The van der Waals surface area contributed by atoms with Gasteiger partial charge in [0.1, 0.15) is 5.54 Å². The Morgan fingerprint density at radius 3 is 2.62 bits per heavy atom. The molecule has 1 aromatic heterocycles. The molecule has 2 N–H and O–H groups in total. The highest BCUT2D eigenvalue weighted by atomic mass is 16.5. The van der Waals surface area contributed by atoms with E-state index < -0.39 is 11.5 Å². The van der Waals surface area contributed by atoms with Gasteiger partial charge in [0.25, 0.3) is 0 Å². The van der Waals surface area contributed by atoms with Crippen LogP contribution in [0.2, 0.25) is 0 Å². The van der Waals surface area contributed by atoms with Crippen LogP contribution >= 0.6 is 0 Å². The summed E-state index contributed by atoms with van der Waals surface area (Å²) >= 11 is 0. The number of carbonyl (C=O) groups is 1. The molecule has 0 aromatic carbocycles. The largest absolute Gasteiger partial charge is 0.480 e. The molecular weight excluding hydrogens is 210 g/mol. The Bertz CT molecular complexity index is 371. The average molecular weight is 227 g/mol. The van der Waals surface area contributed by atoms with Crippen molar-refractivity contribution in [3.63, 3.8) is 0 Å². The predicted octanol–water partition coefficient (Wildman–Crippen LogP) is 1.15. The molecule has 16 heavy (non-hydrogen) atoms. The fraction of sp³-hybridized carbons (Fsp3) is 0.700. The summed E-state index contributed by atoms with van der Waals surface area (Å²) < 4.78 is 4.98. The lowest BCUT2D eigenvalue weighted by Crippen LogP contribution is -2.46. The molecule has 6 heteroatoms. The third-order valence-electron chi connectivity index (χ3n) is 2.22. The summed E-state index contributed by atoms with van der Waals surface area (Å²) in [5.74, 6) is 0.309. The molecule has 0 bridgehead atoms. The van der Waals surface area contributed by atoms with Gasteiger partial charge in [-0.2, -0.15) is 4.98 Å². The van der Waals surface area contributed by atoms with E-state index in [0.29, 0.717) is 11.7 Å². The third-order valence-corrected chi connectivity index (χ3v) is 2.22. The highest BCUT2D eigenvalue weighted by Gasteiger charge is 2.26. The van der Waals surface area contributed by atoms with Crippen LogP contribution in [0.1, 0.15) is 45.3 Å². The number of nitrogens with zero attached hydrogens (tertiary/aromatic N) is 2. The molecule has 0 atom stereocenters. The number of hydrogen-bond donors (Lipinski definition) is 2. The lowest BCUT2D eigenvalue weighted by Gasteiger charge is -2.19. The monoisotopic (exact) mass is 227 g/mol. The summed E-state index contributed by atoms with van der Waals surface area (Å²) in [6, 6.07) is 0. The molecule has 0 aliphatic heterocycles. The first-order valence-corrected chi connectivity index (χ1v) is 5.14. The molecule has 6 nitrogen and oxygen atoms in total. The summed E-state index contributed by atoms with van der Waals surface area (Å²) in [5.41, 5.74) is -1.01. The zero-order valence-corrected chi connectivity index (χ0v) is 9.94. The van der Waals surface area contributed by atoms with Crippen molar-refractivity contribution in [3.8, 4) is 0 Å². The maximum Gasteiger partial charge on any atom is 0.323 e. The Kier molecular flexibility index (Phi) is 3.64. The predicted molar refractivity (Wildman–Crippen MR) is 56.9 cm³/mol. The molecular formula is C10H17N3O3. The van der Waals surface area contributed by atoms with E-state index in [1.807, 2.05) is 13.8 Å². The molecule has 0 spiro atoms. The molecule has 0 unspecified atom stereocenters. The van der Waals surface area contributed by atoms with Crippen LogP contribution in [0, 0.1) is 0 Å². The second-order valence-electron chi connectivity index (χ2n) is 4.48. The van der Waals surface area contributed by atoms with E-state index in [1.165, 1.54) is 0 Å². The molecule has 0 radical (unpaired) electrons. The van der Waals surface area contributed by atoms with Gasteiger partial charge in [-0.15, -0.1) is 0 Å². The van der Waals surface area contributed by atoms with Gasteiger partial charge in [-0.05, 0) is 13.8 Å². The number of carboxylic acids is 1. The number of carboxylic acid groups (broad SMARTS) is 1. The number of aliphatic carboxylic acids is 1. The third kappa shape index (κ3) is 3.03. The van der Waals surface area contributed by atoms with Crippen LogP contribution in [-0.2, 0) is 11.3 Å². The summed E-state index contributed by atoms with van der Waals surface area (Å²) in [7, 11) is 0. The molecule has 0 aliphatic carbocycles. The molecule has 0 fully saturated rings. The molecule has 0 amide bonds. The molecule has 90 valence electrons. The van der Waals surface area contributed by atoms with Gasteiger partial charge in [0.2, 0.25) is 5.89 Å². The lowest BCUT2D eigenvalue weighted by atomic mass is 10.1. The number of nitrogens with one attached hydrogen (secondary N) is 1. The summed E-state index contributed by atoms with van der Waals surface area (Å²) in [5, 5.41) is 15.5. The van der Waals surface area contributed by atoms with Gasteiger partial charge in [0.15, 0.2) is 5.82 Å². The summed E-state index contributed by atoms with van der Waals surface area (Å²) in [6.07, 6.45) is 0. The SMILES string of the molecule is CC(C)c1noc(CNC(C)(C)C(=O)O)n1. The first kappa shape index (κ1) is 12.6. The molecule has 1 rings (SSSR count). The van der Waals surface area contributed by atoms with Crippen LogP contribution in [0.25, 0.3) is 0 Å². The molecule has 1 aromatic rings. The first-order valence-electron chi connectivity index (χ1n) is 5.14. The van der Waals surface area contributed by atoms with Gasteiger partial charge in [0.05, 0.1) is 6.54 Å².